The monoisotopic (exact) mass is 342 g/mol. The molecule has 7 nitrogen and oxygen atoms in total. The second kappa shape index (κ2) is 6.49. The van der Waals surface area contributed by atoms with E-state index in [-0.39, 0.29) is 6.04 Å². The van der Waals surface area contributed by atoms with Crippen LogP contribution in [0.15, 0.2) is 16.9 Å². The Morgan fingerprint density at radius 1 is 1.45 bits per heavy atom. The lowest BCUT2D eigenvalue weighted by molar-refractivity contribution is 0.182. The number of methoxy groups -OCH3 is 1. The molecule has 0 amide bonds. The molecule has 3 N–H and O–H groups in total. The minimum Gasteiger partial charge on any atom is -0.383 e. The first kappa shape index (κ1) is 15.2. The van der Waals surface area contributed by atoms with Crippen LogP contribution in [0.4, 0.5) is 0 Å². The van der Waals surface area contributed by atoms with Crippen LogP contribution >= 0.6 is 15.9 Å². The smallest absolute Gasteiger partial charge is 0.0922 e. The predicted molar refractivity (Wildman–Crippen MR) is 78.9 cm³/mol. The Hall–Kier alpha value is -1.22. The molecular weight excluding hydrogens is 324 g/mol. The molecule has 0 saturated heterocycles. The standard InChI is InChI=1S/C12H19BrN6O/c1-8-9(6-15-18(8)2)11(17-14)12-10(13)7-16-19(12)4-5-20-3/h6-7,11,17H,4-5,14H2,1-3H3. The zero-order chi connectivity index (χ0) is 14.7. The summed E-state index contributed by atoms with van der Waals surface area (Å²) in [5.41, 5.74) is 5.88. The van der Waals surface area contributed by atoms with Gasteiger partial charge in [-0.25, -0.2) is 5.43 Å². The number of hydrazine groups is 1. The fourth-order valence-corrected chi connectivity index (χ4v) is 2.66. The van der Waals surface area contributed by atoms with Crippen molar-refractivity contribution in [3.05, 3.63) is 33.8 Å². The Kier molecular flexibility index (Phi) is 4.92. The summed E-state index contributed by atoms with van der Waals surface area (Å²) < 4.78 is 9.72. The third-order valence-corrected chi connectivity index (χ3v) is 3.98. The Bertz CT molecular complexity index is 579. The maximum absolute atomic E-state index is 5.76. The summed E-state index contributed by atoms with van der Waals surface area (Å²) in [6, 6.07) is -0.183. The number of hydrogen-bond acceptors (Lipinski definition) is 5. The summed E-state index contributed by atoms with van der Waals surface area (Å²) >= 11 is 3.53. The van der Waals surface area contributed by atoms with Gasteiger partial charge in [-0.2, -0.15) is 10.2 Å². The number of aromatic nitrogens is 4. The van der Waals surface area contributed by atoms with Gasteiger partial charge in [0.15, 0.2) is 0 Å². The number of hydrogen-bond donors (Lipinski definition) is 2. The van der Waals surface area contributed by atoms with Crippen LogP contribution in [-0.4, -0.2) is 33.3 Å². The van der Waals surface area contributed by atoms with Gasteiger partial charge in [0.25, 0.3) is 0 Å². The van der Waals surface area contributed by atoms with E-state index in [1.54, 1.807) is 13.3 Å². The van der Waals surface area contributed by atoms with Crippen LogP contribution in [0.25, 0.3) is 0 Å². The second-order valence-electron chi connectivity index (χ2n) is 4.50. The van der Waals surface area contributed by atoms with Gasteiger partial charge in [-0.1, -0.05) is 0 Å². The molecule has 0 aliphatic rings. The van der Waals surface area contributed by atoms with Gasteiger partial charge in [-0.05, 0) is 22.9 Å². The Morgan fingerprint density at radius 3 is 2.75 bits per heavy atom. The first-order chi connectivity index (χ1) is 9.60. The quantitative estimate of drug-likeness (QED) is 0.601. The molecule has 0 aliphatic carbocycles. The van der Waals surface area contributed by atoms with Gasteiger partial charge in [0.2, 0.25) is 0 Å². The van der Waals surface area contributed by atoms with Crippen molar-refractivity contribution in [1.29, 1.82) is 0 Å². The highest BCUT2D eigenvalue weighted by molar-refractivity contribution is 9.10. The van der Waals surface area contributed by atoms with Gasteiger partial charge >= 0.3 is 0 Å². The fourth-order valence-electron chi connectivity index (χ4n) is 2.13. The first-order valence-electron chi connectivity index (χ1n) is 6.25. The van der Waals surface area contributed by atoms with Crippen molar-refractivity contribution >= 4 is 15.9 Å². The van der Waals surface area contributed by atoms with Gasteiger partial charge in [-0.3, -0.25) is 15.2 Å². The fraction of sp³-hybridized carbons (Fsp3) is 0.500. The maximum Gasteiger partial charge on any atom is 0.0922 e. The summed E-state index contributed by atoms with van der Waals surface area (Å²) in [5, 5.41) is 8.62. The largest absolute Gasteiger partial charge is 0.383 e. The van der Waals surface area contributed by atoms with Crippen molar-refractivity contribution in [2.24, 2.45) is 12.9 Å². The topological polar surface area (TPSA) is 82.9 Å². The van der Waals surface area contributed by atoms with Crippen molar-refractivity contribution in [1.82, 2.24) is 25.0 Å². The number of ether oxygens (including phenoxy) is 1. The lowest BCUT2D eigenvalue weighted by Crippen LogP contribution is -2.31. The van der Waals surface area contributed by atoms with Crippen molar-refractivity contribution in [3.63, 3.8) is 0 Å². The zero-order valence-electron chi connectivity index (χ0n) is 11.8. The third-order valence-electron chi connectivity index (χ3n) is 3.36. The molecular formula is C12H19BrN6O. The molecule has 2 aromatic rings. The molecule has 0 saturated carbocycles. The molecule has 0 radical (unpaired) electrons. The van der Waals surface area contributed by atoms with Gasteiger partial charge in [-0.15, -0.1) is 0 Å². The Balaban J connectivity index is 2.41. The Labute approximate surface area is 126 Å². The Morgan fingerprint density at radius 2 is 2.20 bits per heavy atom. The number of rotatable bonds is 6. The van der Waals surface area contributed by atoms with E-state index in [9.17, 15) is 0 Å². The maximum atomic E-state index is 5.76. The van der Waals surface area contributed by atoms with E-state index in [2.05, 4.69) is 31.6 Å². The number of nitrogens with two attached hydrogens (primary N) is 1. The predicted octanol–water partition coefficient (Wildman–Crippen LogP) is 0.887. The molecule has 0 spiro atoms. The molecule has 110 valence electrons. The van der Waals surface area contributed by atoms with Crippen LogP contribution < -0.4 is 11.3 Å². The van der Waals surface area contributed by atoms with E-state index in [4.69, 9.17) is 10.6 Å². The SMILES string of the molecule is COCCn1ncc(Br)c1C(NN)c1cnn(C)c1C. The van der Waals surface area contributed by atoms with E-state index >= 15 is 0 Å². The molecule has 0 aromatic carbocycles. The van der Waals surface area contributed by atoms with Crippen LogP contribution in [0.2, 0.25) is 0 Å². The highest BCUT2D eigenvalue weighted by Gasteiger charge is 2.24. The van der Waals surface area contributed by atoms with Gasteiger partial charge in [0.1, 0.15) is 0 Å². The van der Waals surface area contributed by atoms with E-state index in [0.29, 0.717) is 13.2 Å². The summed E-state index contributed by atoms with van der Waals surface area (Å²) in [5.74, 6) is 5.76. The van der Waals surface area contributed by atoms with Gasteiger partial charge in [0, 0.05) is 25.4 Å². The van der Waals surface area contributed by atoms with Gasteiger partial charge in [0.05, 0.1) is 41.8 Å². The van der Waals surface area contributed by atoms with E-state index in [1.165, 1.54) is 0 Å². The van der Waals surface area contributed by atoms with Crippen LogP contribution in [0, 0.1) is 6.92 Å². The zero-order valence-corrected chi connectivity index (χ0v) is 13.4. The average molecular weight is 343 g/mol. The highest BCUT2D eigenvalue weighted by Crippen LogP contribution is 2.29. The van der Waals surface area contributed by atoms with Gasteiger partial charge < -0.3 is 4.74 Å². The average Bonchev–Trinajstić information content (AvgIpc) is 2.96. The minimum absolute atomic E-state index is 0.183. The van der Waals surface area contributed by atoms with Crippen molar-refractivity contribution in [2.75, 3.05) is 13.7 Å². The number of aryl methyl sites for hydroxylation is 1. The summed E-state index contributed by atoms with van der Waals surface area (Å²) in [6.07, 6.45) is 3.58. The van der Waals surface area contributed by atoms with Crippen LogP contribution in [0.1, 0.15) is 23.0 Å². The first-order valence-corrected chi connectivity index (χ1v) is 7.04. The highest BCUT2D eigenvalue weighted by atomic mass is 79.9. The number of nitrogens with one attached hydrogen (secondary N) is 1. The molecule has 8 heteroatoms. The molecule has 2 aromatic heterocycles. The molecule has 1 unspecified atom stereocenters. The molecule has 20 heavy (non-hydrogen) atoms. The van der Waals surface area contributed by atoms with Crippen molar-refractivity contribution < 1.29 is 4.74 Å². The molecule has 2 rings (SSSR count). The molecule has 2 heterocycles. The summed E-state index contributed by atoms with van der Waals surface area (Å²) in [6.45, 7) is 3.26. The lowest BCUT2D eigenvalue weighted by atomic mass is 10.1. The van der Waals surface area contributed by atoms with Crippen LogP contribution in [0.5, 0.6) is 0 Å². The molecule has 0 aliphatic heterocycles. The van der Waals surface area contributed by atoms with Crippen LogP contribution in [-0.2, 0) is 18.3 Å². The van der Waals surface area contributed by atoms with Crippen molar-refractivity contribution in [3.8, 4) is 0 Å². The van der Waals surface area contributed by atoms with E-state index < -0.39 is 0 Å². The normalized spacial score (nSPS) is 12.8. The number of nitrogens with zero attached hydrogens (tertiary/aromatic N) is 4. The second-order valence-corrected chi connectivity index (χ2v) is 5.36. The summed E-state index contributed by atoms with van der Waals surface area (Å²) in [7, 11) is 3.58. The molecule has 0 bridgehead atoms. The molecule has 0 fully saturated rings. The minimum atomic E-state index is -0.183. The van der Waals surface area contributed by atoms with Crippen LogP contribution in [0.3, 0.4) is 0 Å². The lowest BCUT2D eigenvalue weighted by Gasteiger charge is -2.18. The van der Waals surface area contributed by atoms with E-state index in [0.717, 1.165) is 21.4 Å². The molecule has 1 atom stereocenters. The summed E-state index contributed by atoms with van der Waals surface area (Å²) in [4.78, 5) is 0. The number of halogens is 1. The van der Waals surface area contributed by atoms with Crippen molar-refractivity contribution in [2.45, 2.75) is 19.5 Å². The third kappa shape index (κ3) is 2.78. The van der Waals surface area contributed by atoms with E-state index in [1.807, 2.05) is 29.5 Å².